The van der Waals surface area contributed by atoms with Crippen LogP contribution in [-0.4, -0.2) is 30.0 Å². The van der Waals surface area contributed by atoms with E-state index >= 15 is 0 Å². The standard InChI is InChI=1S/C19H23NO2/c1-19(11-6-3-7-12-19)15-20-13-10-17(20)18(21)22-14-16-8-4-2-5-9-16/h2-9,11,17H,10,12-15H2,1H3. The Labute approximate surface area is 132 Å². The molecule has 0 N–H and O–H groups in total. The molecule has 3 rings (SSSR count). The number of allylic oxidation sites excluding steroid dienone is 3. The molecule has 2 aliphatic rings. The summed E-state index contributed by atoms with van der Waals surface area (Å²) < 4.78 is 5.47. The van der Waals surface area contributed by atoms with Gasteiger partial charge in [0, 0.05) is 18.5 Å². The SMILES string of the molecule is CC1(CN2CCC2C(=O)OCc2ccccc2)C=CC=CC1. The maximum Gasteiger partial charge on any atom is 0.323 e. The van der Waals surface area contributed by atoms with Gasteiger partial charge >= 0.3 is 5.97 Å². The van der Waals surface area contributed by atoms with Crippen LogP contribution in [0.3, 0.4) is 0 Å². The number of hydrogen-bond acceptors (Lipinski definition) is 3. The fraction of sp³-hybridized carbons (Fsp3) is 0.421. The Kier molecular flexibility index (Phi) is 4.44. The highest BCUT2D eigenvalue weighted by atomic mass is 16.5. The first kappa shape index (κ1) is 15.0. The number of carbonyl (C=O) groups is 1. The normalized spacial score (nSPS) is 27.4. The van der Waals surface area contributed by atoms with Gasteiger partial charge in [0.2, 0.25) is 0 Å². The van der Waals surface area contributed by atoms with E-state index in [4.69, 9.17) is 4.74 Å². The number of esters is 1. The minimum atomic E-state index is -0.0889. The third-order valence-corrected chi connectivity index (χ3v) is 4.52. The molecule has 0 aromatic heterocycles. The van der Waals surface area contributed by atoms with Gasteiger partial charge in [0.1, 0.15) is 12.6 Å². The summed E-state index contributed by atoms with van der Waals surface area (Å²) in [6.45, 7) is 4.51. The largest absolute Gasteiger partial charge is 0.460 e. The summed E-state index contributed by atoms with van der Waals surface area (Å²) in [4.78, 5) is 14.5. The lowest BCUT2D eigenvalue weighted by Crippen LogP contribution is -2.55. The molecule has 1 heterocycles. The van der Waals surface area contributed by atoms with Crippen LogP contribution in [0.4, 0.5) is 0 Å². The van der Waals surface area contributed by atoms with E-state index in [9.17, 15) is 4.79 Å². The number of carbonyl (C=O) groups excluding carboxylic acids is 1. The molecule has 1 aromatic carbocycles. The van der Waals surface area contributed by atoms with Crippen LogP contribution >= 0.6 is 0 Å². The van der Waals surface area contributed by atoms with Crippen LogP contribution in [-0.2, 0) is 16.1 Å². The van der Waals surface area contributed by atoms with Crippen molar-refractivity contribution in [2.24, 2.45) is 5.41 Å². The summed E-state index contributed by atoms with van der Waals surface area (Å²) in [6.07, 6.45) is 10.6. The molecule has 1 aliphatic heterocycles. The van der Waals surface area contributed by atoms with Crippen LogP contribution in [0.25, 0.3) is 0 Å². The summed E-state index contributed by atoms with van der Waals surface area (Å²) in [5.74, 6) is -0.0889. The molecule has 2 atom stereocenters. The number of likely N-dealkylation sites (tertiary alicyclic amines) is 1. The van der Waals surface area contributed by atoms with Crippen molar-refractivity contribution in [2.45, 2.75) is 32.4 Å². The minimum Gasteiger partial charge on any atom is -0.460 e. The second-order valence-electron chi connectivity index (χ2n) is 6.51. The Morgan fingerprint density at radius 3 is 2.77 bits per heavy atom. The van der Waals surface area contributed by atoms with Gasteiger partial charge in [-0.15, -0.1) is 0 Å². The topological polar surface area (TPSA) is 29.5 Å². The number of rotatable bonds is 5. The van der Waals surface area contributed by atoms with Crippen molar-refractivity contribution in [3.63, 3.8) is 0 Å². The van der Waals surface area contributed by atoms with Crippen LogP contribution in [0.5, 0.6) is 0 Å². The monoisotopic (exact) mass is 297 g/mol. The smallest absolute Gasteiger partial charge is 0.323 e. The van der Waals surface area contributed by atoms with Gasteiger partial charge in [-0.3, -0.25) is 9.69 Å². The van der Waals surface area contributed by atoms with Crippen LogP contribution in [0.2, 0.25) is 0 Å². The third-order valence-electron chi connectivity index (χ3n) is 4.52. The Morgan fingerprint density at radius 2 is 2.14 bits per heavy atom. The van der Waals surface area contributed by atoms with Crippen molar-refractivity contribution in [3.8, 4) is 0 Å². The van der Waals surface area contributed by atoms with Crippen LogP contribution < -0.4 is 0 Å². The Hall–Kier alpha value is -1.87. The van der Waals surface area contributed by atoms with Gasteiger partial charge < -0.3 is 4.74 Å². The molecular weight excluding hydrogens is 274 g/mol. The first-order valence-electron chi connectivity index (χ1n) is 7.95. The molecule has 0 radical (unpaired) electrons. The molecule has 1 aliphatic carbocycles. The summed E-state index contributed by atoms with van der Waals surface area (Å²) in [7, 11) is 0. The van der Waals surface area contributed by atoms with E-state index in [1.54, 1.807) is 0 Å². The molecule has 0 spiro atoms. The van der Waals surface area contributed by atoms with Crippen LogP contribution in [0.15, 0.2) is 54.6 Å². The highest BCUT2D eigenvalue weighted by molar-refractivity contribution is 5.76. The summed E-state index contributed by atoms with van der Waals surface area (Å²) in [5.41, 5.74) is 1.17. The van der Waals surface area contributed by atoms with Gasteiger partial charge in [0.25, 0.3) is 0 Å². The number of nitrogens with zero attached hydrogens (tertiary/aromatic N) is 1. The number of hydrogen-bond donors (Lipinski definition) is 0. The number of ether oxygens (including phenoxy) is 1. The van der Waals surface area contributed by atoms with Gasteiger partial charge in [-0.25, -0.2) is 0 Å². The van der Waals surface area contributed by atoms with Gasteiger partial charge in [-0.1, -0.05) is 61.6 Å². The molecular formula is C19H23NO2. The lowest BCUT2D eigenvalue weighted by atomic mass is 9.81. The second kappa shape index (κ2) is 6.49. The highest BCUT2D eigenvalue weighted by Crippen LogP contribution is 2.32. The van der Waals surface area contributed by atoms with E-state index < -0.39 is 0 Å². The zero-order chi connectivity index (χ0) is 15.4. The maximum atomic E-state index is 12.3. The summed E-state index contributed by atoms with van der Waals surface area (Å²) >= 11 is 0. The molecule has 2 unspecified atom stereocenters. The Morgan fingerprint density at radius 1 is 1.32 bits per heavy atom. The molecule has 1 aromatic rings. The van der Waals surface area contributed by atoms with E-state index in [1.807, 2.05) is 30.3 Å². The molecule has 3 nitrogen and oxygen atoms in total. The van der Waals surface area contributed by atoms with Gasteiger partial charge in [-0.05, 0) is 18.4 Å². The van der Waals surface area contributed by atoms with Crippen LogP contribution in [0.1, 0.15) is 25.3 Å². The second-order valence-corrected chi connectivity index (χ2v) is 6.51. The Balaban J connectivity index is 1.51. The average molecular weight is 297 g/mol. The predicted molar refractivity (Wildman–Crippen MR) is 87.2 cm³/mol. The molecule has 0 bridgehead atoms. The van der Waals surface area contributed by atoms with E-state index in [-0.39, 0.29) is 17.4 Å². The molecule has 3 heteroatoms. The lowest BCUT2D eigenvalue weighted by molar-refractivity contribution is -0.157. The van der Waals surface area contributed by atoms with Crippen molar-refractivity contribution in [1.82, 2.24) is 4.90 Å². The van der Waals surface area contributed by atoms with Crippen molar-refractivity contribution in [1.29, 1.82) is 0 Å². The molecule has 0 saturated carbocycles. The third kappa shape index (κ3) is 3.47. The molecule has 1 fully saturated rings. The fourth-order valence-electron chi connectivity index (χ4n) is 3.07. The molecule has 1 saturated heterocycles. The van der Waals surface area contributed by atoms with Gasteiger partial charge in [0.05, 0.1) is 0 Å². The lowest BCUT2D eigenvalue weighted by Gasteiger charge is -2.44. The summed E-state index contributed by atoms with van der Waals surface area (Å²) in [6, 6.07) is 9.77. The average Bonchev–Trinajstić information content (AvgIpc) is 2.51. The molecule has 22 heavy (non-hydrogen) atoms. The minimum absolute atomic E-state index is 0.0696. The highest BCUT2D eigenvalue weighted by Gasteiger charge is 2.38. The first-order chi connectivity index (χ1) is 10.7. The van der Waals surface area contributed by atoms with Crippen molar-refractivity contribution >= 4 is 5.97 Å². The zero-order valence-electron chi connectivity index (χ0n) is 13.1. The quantitative estimate of drug-likeness (QED) is 0.781. The predicted octanol–water partition coefficient (Wildman–Crippen LogP) is 3.33. The van der Waals surface area contributed by atoms with Crippen LogP contribution in [0, 0.1) is 5.41 Å². The molecule has 0 amide bonds. The maximum absolute atomic E-state index is 12.3. The first-order valence-corrected chi connectivity index (χ1v) is 7.95. The van der Waals surface area contributed by atoms with Crippen molar-refractivity contribution < 1.29 is 9.53 Å². The van der Waals surface area contributed by atoms with Crippen molar-refractivity contribution in [3.05, 3.63) is 60.2 Å². The number of benzene rings is 1. The summed E-state index contributed by atoms with van der Waals surface area (Å²) in [5, 5.41) is 0. The zero-order valence-corrected chi connectivity index (χ0v) is 13.1. The Bertz CT molecular complexity index is 578. The molecule has 116 valence electrons. The van der Waals surface area contributed by atoms with E-state index in [0.29, 0.717) is 6.61 Å². The van der Waals surface area contributed by atoms with E-state index in [2.05, 4.69) is 36.1 Å². The van der Waals surface area contributed by atoms with Gasteiger partial charge in [0.15, 0.2) is 0 Å². The van der Waals surface area contributed by atoms with Gasteiger partial charge in [-0.2, -0.15) is 0 Å². The van der Waals surface area contributed by atoms with Crippen molar-refractivity contribution in [2.75, 3.05) is 13.1 Å². The fourth-order valence-corrected chi connectivity index (χ4v) is 3.07. The van der Waals surface area contributed by atoms with E-state index in [0.717, 1.165) is 31.5 Å². The van der Waals surface area contributed by atoms with E-state index in [1.165, 1.54) is 0 Å².